The SMILES string of the molecule is Cc1cc(CCC(=O)Nc2ccc(OP(Oc3ccc(NC(=O)Cc4cc(C)c(O)c(C(C)(C)C)c4)cc3)Oc3ccc(NC(=O)Cc4cc(C)c(O)c(C(C)(C)C)c4)cc3)cc2)cc(C(C)(C)C)c1O. The molecule has 0 aromatic heterocycles. The van der Waals surface area contributed by atoms with Crippen LogP contribution in [-0.2, 0) is 49.9 Å². The predicted octanol–water partition coefficient (Wildman–Crippen LogP) is 13.3. The van der Waals surface area contributed by atoms with Crippen LogP contribution in [0.4, 0.5) is 17.1 Å². The molecule has 0 radical (unpaired) electrons. The number of phenolic OH excluding ortho intramolecular Hbond substituents is 3. The fourth-order valence-corrected chi connectivity index (χ4v) is 8.99. The van der Waals surface area contributed by atoms with Crippen LogP contribution in [0.2, 0.25) is 0 Å². The van der Waals surface area contributed by atoms with Crippen LogP contribution in [0, 0.1) is 20.8 Å². The summed E-state index contributed by atoms with van der Waals surface area (Å²) in [5, 5.41) is 40.8. The molecule has 6 rings (SSSR count). The highest BCUT2D eigenvalue weighted by Crippen LogP contribution is 2.43. The Morgan fingerprint density at radius 1 is 0.437 bits per heavy atom. The van der Waals surface area contributed by atoms with Crippen LogP contribution in [0.15, 0.2) is 109 Å². The van der Waals surface area contributed by atoms with E-state index in [0.29, 0.717) is 51.9 Å². The van der Waals surface area contributed by atoms with Crippen molar-refractivity contribution in [2.45, 2.75) is 125 Å². The second kappa shape index (κ2) is 21.9. The van der Waals surface area contributed by atoms with E-state index in [1.54, 1.807) is 72.8 Å². The molecule has 0 saturated heterocycles. The van der Waals surface area contributed by atoms with E-state index in [2.05, 4.69) is 16.0 Å². The number of hydrogen-bond acceptors (Lipinski definition) is 9. The van der Waals surface area contributed by atoms with E-state index in [1.165, 1.54) is 0 Å². The number of carbonyl (C=O) groups is 3. The fraction of sp³-hybridized carbons (Fsp3) is 0.328. The average molecular weight is 982 g/mol. The average Bonchev–Trinajstić information content (AvgIpc) is 3.27. The number of aromatic hydroxyl groups is 3. The molecule has 3 amide bonds. The minimum atomic E-state index is -2.14. The van der Waals surface area contributed by atoms with Crippen molar-refractivity contribution in [3.8, 4) is 34.5 Å². The molecule has 6 N–H and O–H groups in total. The van der Waals surface area contributed by atoms with E-state index in [-0.39, 0.29) is 70.5 Å². The van der Waals surface area contributed by atoms with Gasteiger partial charge in [0.1, 0.15) is 34.5 Å². The molecule has 0 aliphatic rings. The number of nitrogens with one attached hydrogen (secondary N) is 3. The maximum atomic E-state index is 13.2. The Bertz CT molecular complexity index is 2750. The summed E-state index contributed by atoms with van der Waals surface area (Å²) in [6, 6.07) is 31.8. The number of benzene rings is 6. The lowest BCUT2D eigenvalue weighted by Gasteiger charge is -2.22. The zero-order valence-electron chi connectivity index (χ0n) is 43.0. The van der Waals surface area contributed by atoms with Crippen molar-refractivity contribution in [2.75, 3.05) is 16.0 Å². The topological polar surface area (TPSA) is 176 Å². The Kier molecular flexibility index (Phi) is 16.5. The summed E-state index contributed by atoms with van der Waals surface area (Å²) >= 11 is 0. The Morgan fingerprint density at radius 2 is 0.718 bits per heavy atom. The van der Waals surface area contributed by atoms with Crippen LogP contribution in [-0.4, -0.2) is 33.0 Å². The molecule has 6 aromatic carbocycles. The van der Waals surface area contributed by atoms with Crippen LogP contribution in [0.25, 0.3) is 0 Å². The Hall–Kier alpha value is -7.04. The minimum Gasteiger partial charge on any atom is -0.507 e. The van der Waals surface area contributed by atoms with Gasteiger partial charge in [-0.2, -0.15) is 0 Å². The van der Waals surface area contributed by atoms with Gasteiger partial charge in [0.05, 0.1) is 12.8 Å². The van der Waals surface area contributed by atoms with Crippen molar-refractivity contribution < 1.29 is 43.3 Å². The van der Waals surface area contributed by atoms with Gasteiger partial charge in [0, 0.05) is 23.5 Å². The Labute approximate surface area is 419 Å². The second-order valence-electron chi connectivity index (χ2n) is 21.2. The van der Waals surface area contributed by atoms with E-state index in [4.69, 9.17) is 13.6 Å². The van der Waals surface area contributed by atoms with Crippen LogP contribution in [0.3, 0.4) is 0 Å². The Balaban J connectivity index is 1.13. The first-order valence-corrected chi connectivity index (χ1v) is 24.8. The molecule has 0 fully saturated rings. The summed E-state index contributed by atoms with van der Waals surface area (Å²) < 4.78 is 18.9. The quantitative estimate of drug-likeness (QED) is 0.0516. The maximum absolute atomic E-state index is 13.2. The van der Waals surface area contributed by atoms with Crippen LogP contribution >= 0.6 is 8.60 Å². The largest absolute Gasteiger partial charge is 0.530 e. The van der Waals surface area contributed by atoms with E-state index in [9.17, 15) is 29.7 Å². The monoisotopic (exact) mass is 981 g/mol. The lowest BCUT2D eigenvalue weighted by molar-refractivity contribution is -0.116. The van der Waals surface area contributed by atoms with Gasteiger partial charge in [-0.05, 0) is 166 Å². The second-order valence-corrected chi connectivity index (χ2v) is 22.2. The van der Waals surface area contributed by atoms with Crippen LogP contribution in [0.1, 0.15) is 119 Å². The maximum Gasteiger partial charge on any atom is 0.530 e. The van der Waals surface area contributed by atoms with E-state index < -0.39 is 8.60 Å². The molecule has 0 unspecified atom stereocenters. The van der Waals surface area contributed by atoms with Gasteiger partial charge >= 0.3 is 8.60 Å². The molecule has 374 valence electrons. The minimum absolute atomic E-state index is 0.120. The Morgan fingerprint density at radius 3 is 1.03 bits per heavy atom. The van der Waals surface area contributed by atoms with Gasteiger partial charge in [-0.15, -0.1) is 0 Å². The van der Waals surface area contributed by atoms with Crippen molar-refractivity contribution in [2.24, 2.45) is 0 Å². The van der Waals surface area contributed by atoms with Gasteiger partial charge in [0.25, 0.3) is 0 Å². The summed E-state index contributed by atoms with van der Waals surface area (Å²) in [6.45, 7) is 23.8. The number of rotatable bonds is 16. The van der Waals surface area contributed by atoms with Crippen molar-refractivity contribution in [1.82, 2.24) is 0 Å². The molecular formula is C58H68N3O9P. The summed E-state index contributed by atoms with van der Waals surface area (Å²) in [6.07, 6.45) is 0.993. The molecule has 0 aliphatic carbocycles. The zero-order valence-corrected chi connectivity index (χ0v) is 43.9. The normalized spacial score (nSPS) is 11.8. The highest BCUT2D eigenvalue weighted by Gasteiger charge is 2.25. The third kappa shape index (κ3) is 14.7. The van der Waals surface area contributed by atoms with Crippen molar-refractivity contribution in [3.63, 3.8) is 0 Å². The highest BCUT2D eigenvalue weighted by atomic mass is 31.2. The van der Waals surface area contributed by atoms with Gasteiger partial charge in [-0.25, -0.2) is 0 Å². The summed E-state index contributed by atoms with van der Waals surface area (Å²) in [4.78, 5) is 39.4. The van der Waals surface area contributed by atoms with E-state index in [0.717, 1.165) is 38.9 Å². The fourth-order valence-electron chi connectivity index (χ4n) is 8.00. The first-order valence-electron chi connectivity index (χ1n) is 23.7. The first kappa shape index (κ1) is 53.3. The van der Waals surface area contributed by atoms with Crippen LogP contribution in [0.5, 0.6) is 34.5 Å². The molecular weight excluding hydrogens is 914 g/mol. The molecule has 0 atom stereocenters. The summed E-state index contributed by atoms with van der Waals surface area (Å²) in [7, 11) is -2.14. The molecule has 71 heavy (non-hydrogen) atoms. The van der Waals surface area contributed by atoms with Gasteiger partial charge in [-0.3, -0.25) is 14.4 Å². The molecule has 0 aliphatic heterocycles. The molecule has 0 bridgehead atoms. The van der Waals surface area contributed by atoms with Crippen molar-refractivity contribution in [1.29, 1.82) is 0 Å². The third-order valence-electron chi connectivity index (χ3n) is 11.8. The lowest BCUT2D eigenvalue weighted by Crippen LogP contribution is -2.16. The van der Waals surface area contributed by atoms with E-state index >= 15 is 0 Å². The standard InChI is InChI=1S/C58H68N3O9P/c1-35-27-38(30-47(53(35)65)56(4,5)6)13-26-50(62)59-41-14-20-44(21-15-41)68-71(69-45-22-16-42(17-23-45)60-51(63)33-39-28-36(2)54(66)48(31-39)57(7,8)9)70-46-24-18-43(19-25-46)61-52(64)34-40-29-37(3)55(67)49(32-40)58(10,11)12/h14-25,27-32,65-67H,13,26,33-34H2,1-12H3,(H,59,62)(H,60,63)(H,61,64). The highest BCUT2D eigenvalue weighted by molar-refractivity contribution is 7.43. The number of amides is 3. The molecule has 12 nitrogen and oxygen atoms in total. The molecule has 0 spiro atoms. The van der Waals surface area contributed by atoms with Crippen LogP contribution < -0.4 is 29.5 Å². The molecule has 6 aromatic rings. The van der Waals surface area contributed by atoms with Gasteiger partial charge in [-0.1, -0.05) is 98.7 Å². The zero-order chi connectivity index (χ0) is 52.0. The lowest BCUT2D eigenvalue weighted by atomic mass is 9.83. The summed E-state index contributed by atoms with van der Waals surface area (Å²) in [5.41, 5.74) is 8.00. The van der Waals surface area contributed by atoms with Crippen molar-refractivity contribution in [3.05, 3.63) is 159 Å². The van der Waals surface area contributed by atoms with Crippen molar-refractivity contribution >= 4 is 43.4 Å². The summed E-state index contributed by atoms with van der Waals surface area (Å²) in [5.74, 6) is 1.39. The molecule has 0 saturated carbocycles. The smallest absolute Gasteiger partial charge is 0.507 e. The number of anilines is 3. The third-order valence-corrected chi connectivity index (χ3v) is 12.9. The van der Waals surface area contributed by atoms with E-state index in [1.807, 2.05) is 119 Å². The predicted molar refractivity (Wildman–Crippen MR) is 284 cm³/mol. The molecule has 0 heterocycles. The first-order chi connectivity index (χ1) is 33.2. The van der Waals surface area contributed by atoms with Gasteiger partial charge in [0.2, 0.25) is 17.7 Å². The van der Waals surface area contributed by atoms with Gasteiger partial charge in [0.15, 0.2) is 0 Å². The molecule has 13 heteroatoms. The van der Waals surface area contributed by atoms with Gasteiger partial charge < -0.3 is 44.8 Å². The number of carbonyl (C=O) groups excluding carboxylic acids is 3. The number of aryl methyl sites for hydroxylation is 4. The number of hydrogen-bond donors (Lipinski definition) is 6. The number of phenols is 3.